The lowest BCUT2D eigenvalue weighted by Gasteiger charge is -2.19. The molecule has 0 saturated heterocycles. The van der Waals surface area contributed by atoms with E-state index >= 15 is 0 Å². The molecule has 3 heteroatoms. The fraction of sp³-hybridized carbons (Fsp3) is 0.462. The van der Waals surface area contributed by atoms with Crippen molar-refractivity contribution in [3.05, 3.63) is 35.9 Å². The van der Waals surface area contributed by atoms with Crippen molar-refractivity contribution in [2.75, 3.05) is 0 Å². The van der Waals surface area contributed by atoms with Crippen molar-refractivity contribution < 1.29 is 4.79 Å². The Labute approximate surface area is 114 Å². The minimum Gasteiger partial charge on any atom is -0.298 e. The molecule has 3 atom stereocenters. The zero-order valence-electron chi connectivity index (χ0n) is 9.49. The van der Waals surface area contributed by atoms with E-state index in [0.717, 1.165) is 12.0 Å². The number of alkyl halides is 2. The number of hydrogen-bond donors (Lipinski definition) is 0. The zero-order chi connectivity index (χ0) is 12.1. The van der Waals surface area contributed by atoms with E-state index in [2.05, 4.69) is 31.9 Å². The summed E-state index contributed by atoms with van der Waals surface area (Å²) in [6.45, 7) is 4.01. The Hall–Kier alpha value is -0.150. The van der Waals surface area contributed by atoms with Crippen molar-refractivity contribution >= 4 is 37.6 Å². The molecule has 1 aromatic carbocycles. The summed E-state index contributed by atoms with van der Waals surface area (Å²) >= 11 is 7.07. The molecule has 0 radical (unpaired) electrons. The van der Waals surface area contributed by atoms with Gasteiger partial charge in [-0.1, -0.05) is 76.0 Å². The molecular formula is C13H16Br2O. The molecule has 0 aromatic heterocycles. The van der Waals surface area contributed by atoms with Crippen LogP contribution in [0.2, 0.25) is 0 Å². The fourth-order valence-electron chi connectivity index (χ4n) is 1.42. The molecule has 0 amide bonds. The van der Waals surface area contributed by atoms with Gasteiger partial charge in [0.25, 0.3) is 0 Å². The van der Waals surface area contributed by atoms with Crippen molar-refractivity contribution in [2.24, 2.45) is 5.92 Å². The summed E-state index contributed by atoms with van der Waals surface area (Å²) in [6.07, 6.45) is 0.884. The average molecular weight is 348 g/mol. The van der Waals surface area contributed by atoms with E-state index in [9.17, 15) is 4.79 Å². The molecule has 0 aliphatic carbocycles. The van der Waals surface area contributed by atoms with Gasteiger partial charge in [0.1, 0.15) is 0 Å². The quantitative estimate of drug-likeness (QED) is 0.716. The van der Waals surface area contributed by atoms with Crippen LogP contribution >= 0.6 is 31.9 Å². The standard InChI is InChI=1S/C13H16Br2O/c1-3-9(2)13(16)12(15)11(14)10-7-5-4-6-8-10/h4-9,11-12H,3H2,1-2H3/t9-,11-,12+/m1/s1. The Kier molecular flexibility index (Phi) is 5.70. The molecule has 0 aliphatic heterocycles. The summed E-state index contributed by atoms with van der Waals surface area (Å²) in [4.78, 5) is 11.9. The Balaban J connectivity index is 2.75. The molecule has 1 aromatic rings. The van der Waals surface area contributed by atoms with E-state index in [0.29, 0.717) is 0 Å². The fourth-order valence-corrected chi connectivity index (χ4v) is 2.75. The molecule has 0 unspecified atom stereocenters. The van der Waals surface area contributed by atoms with Crippen molar-refractivity contribution in [1.29, 1.82) is 0 Å². The van der Waals surface area contributed by atoms with E-state index in [1.54, 1.807) is 0 Å². The number of ketones is 1. The van der Waals surface area contributed by atoms with E-state index in [-0.39, 0.29) is 21.4 Å². The second-order valence-corrected chi connectivity index (χ2v) is 5.90. The van der Waals surface area contributed by atoms with Crippen LogP contribution in [0, 0.1) is 5.92 Å². The van der Waals surface area contributed by atoms with Crippen molar-refractivity contribution in [3.8, 4) is 0 Å². The molecule has 0 N–H and O–H groups in total. The number of carbonyl (C=O) groups excluding carboxylic acids is 1. The van der Waals surface area contributed by atoms with Crippen LogP contribution in [-0.2, 0) is 4.79 Å². The predicted octanol–water partition coefficient (Wildman–Crippen LogP) is 4.50. The Morgan fingerprint density at radius 2 is 1.81 bits per heavy atom. The van der Waals surface area contributed by atoms with Gasteiger partial charge in [0.15, 0.2) is 5.78 Å². The Morgan fingerprint density at radius 3 is 2.31 bits per heavy atom. The number of benzene rings is 1. The maximum absolute atomic E-state index is 12.0. The lowest BCUT2D eigenvalue weighted by atomic mass is 9.97. The highest BCUT2D eigenvalue weighted by Crippen LogP contribution is 2.33. The Morgan fingerprint density at radius 1 is 1.25 bits per heavy atom. The molecule has 0 bridgehead atoms. The first-order valence-electron chi connectivity index (χ1n) is 5.44. The molecule has 0 saturated carbocycles. The van der Waals surface area contributed by atoms with Gasteiger partial charge >= 0.3 is 0 Å². The van der Waals surface area contributed by atoms with E-state index < -0.39 is 0 Å². The van der Waals surface area contributed by atoms with Gasteiger partial charge in [0, 0.05) is 5.92 Å². The molecule has 0 fully saturated rings. The first kappa shape index (κ1) is 13.9. The van der Waals surface area contributed by atoms with Gasteiger partial charge in [-0.2, -0.15) is 0 Å². The summed E-state index contributed by atoms with van der Waals surface area (Å²) < 4.78 is 0. The van der Waals surface area contributed by atoms with Crippen LogP contribution in [0.3, 0.4) is 0 Å². The maximum Gasteiger partial charge on any atom is 0.150 e. The van der Waals surface area contributed by atoms with Crippen LogP contribution in [-0.4, -0.2) is 10.6 Å². The minimum atomic E-state index is -0.162. The van der Waals surface area contributed by atoms with Gasteiger partial charge in [0.2, 0.25) is 0 Å². The van der Waals surface area contributed by atoms with Gasteiger partial charge in [-0.3, -0.25) is 4.79 Å². The summed E-state index contributed by atoms with van der Waals surface area (Å²) in [5.74, 6) is 0.362. The number of carbonyl (C=O) groups is 1. The van der Waals surface area contributed by atoms with Crippen molar-refractivity contribution in [1.82, 2.24) is 0 Å². The largest absolute Gasteiger partial charge is 0.298 e. The van der Waals surface area contributed by atoms with E-state index in [4.69, 9.17) is 0 Å². The molecule has 1 rings (SSSR count). The highest BCUT2D eigenvalue weighted by Gasteiger charge is 2.27. The molecule has 16 heavy (non-hydrogen) atoms. The predicted molar refractivity (Wildman–Crippen MR) is 75.3 cm³/mol. The lowest BCUT2D eigenvalue weighted by molar-refractivity contribution is -0.121. The van der Waals surface area contributed by atoms with Gasteiger partial charge < -0.3 is 0 Å². The summed E-state index contributed by atoms with van der Waals surface area (Å²) in [7, 11) is 0. The SMILES string of the molecule is CC[C@@H](C)C(=O)[C@@H](Br)[C@H](Br)c1ccccc1. The van der Waals surface area contributed by atoms with Crippen LogP contribution in [0.4, 0.5) is 0 Å². The minimum absolute atomic E-state index is 0.0372. The van der Waals surface area contributed by atoms with Gasteiger partial charge in [-0.15, -0.1) is 0 Å². The third-order valence-electron chi connectivity index (χ3n) is 2.74. The maximum atomic E-state index is 12.0. The van der Waals surface area contributed by atoms with E-state index in [1.807, 2.05) is 44.2 Å². The number of rotatable bonds is 5. The van der Waals surface area contributed by atoms with Crippen molar-refractivity contribution in [3.63, 3.8) is 0 Å². The third kappa shape index (κ3) is 3.42. The van der Waals surface area contributed by atoms with Gasteiger partial charge in [0.05, 0.1) is 9.65 Å². The van der Waals surface area contributed by atoms with Gasteiger partial charge in [-0.25, -0.2) is 0 Å². The zero-order valence-corrected chi connectivity index (χ0v) is 12.7. The summed E-state index contributed by atoms with van der Waals surface area (Å²) in [5, 5.41) is 0. The smallest absolute Gasteiger partial charge is 0.150 e. The normalized spacial score (nSPS) is 16.5. The molecule has 0 heterocycles. The van der Waals surface area contributed by atoms with Gasteiger partial charge in [-0.05, 0) is 12.0 Å². The molecule has 0 spiro atoms. The second-order valence-electron chi connectivity index (χ2n) is 3.93. The average Bonchev–Trinajstić information content (AvgIpc) is 2.36. The monoisotopic (exact) mass is 346 g/mol. The summed E-state index contributed by atoms with van der Waals surface area (Å²) in [6, 6.07) is 9.99. The van der Waals surface area contributed by atoms with Crippen LogP contribution in [0.25, 0.3) is 0 Å². The van der Waals surface area contributed by atoms with Crippen LogP contribution < -0.4 is 0 Å². The highest BCUT2D eigenvalue weighted by atomic mass is 79.9. The van der Waals surface area contributed by atoms with Crippen LogP contribution in [0.15, 0.2) is 30.3 Å². The Bertz CT molecular complexity index is 337. The molecule has 0 aliphatic rings. The lowest BCUT2D eigenvalue weighted by Crippen LogP contribution is -2.24. The molecule has 88 valence electrons. The topological polar surface area (TPSA) is 17.1 Å². The molecular weight excluding hydrogens is 332 g/mol. The second kappa shape index (κ2) is 6.55. The number of hydrogen-bond acceptors (Lipinski definition) is 1. The first-order valence-corrected chi connectivity index (χ1v) is 7.27. The van der Waals surface area contributed by atoms with Crippen LogP contribution in [0.5, 0.6) is 0 Å². The van der Waals surface area contributed by atoms with E-state index in [1.165, 1.54) is 0 Å². The first-order chi connectivity index (χ1) is 7.57. The van der Waals surface area contributed by atoms with Crippen molar-refractivity contribution in [2.45, 2.75) is 29.9 Å². The number of halogens is 2. The highest BCUT2D eigenvalue weighted by molar-refractivity contribution is 9.12. The summed E-state index contributed by atoms with van der Waals surface area (Å²) in [5.41, 5.74) is 1.13. The van der Waals surface area contributed by atoms with Crippen LogP contribution in [0.1, 0.15) is 30.7 Å². The number of Topliss-reactive ketones (excluding diaryl/α,β-unsaturated/α-hetero) is 1. The molecule has 1 nitrogen and oxygen atoms in total. The third-order valence-corrected chi connectivity index (χ3v) is 5.49.